The van der Waals surface area contributed by atoms with Crippen LogP contribution in [0.3, 0.4) is 0 Å². The second kappa shape index (κ2) is 4.33. The number of nitrogens with zero attached hydrogens (tertiary/aromatic N) is 1. The van der Waals surface area contributed by atoms with Crippen molar-refractivity contribution in [3.05, 3.63) is 24.3 Å². The summed E-state index contributed by atoms with van der Waals surface area (Å²) in [6.45, 7) is 6.09. The summed E-state index contributed by atoms with van der Waals surface area (Å²) >= 11 is 0. The summed E-state index contributed by atoms with van der Waals surface area (Å²) in [5.41, 5.74) is -0.102. The van der Waals surface area contributed by atoms with Crippen LogP contribution in [0.15, 0.2) is 24.3 Å². The maximum absolute atomic E-state index is 13.0. The highest BCUT2D eigenvalue weighted by Gasteiger charge is 2.64. The Morgan fingerprint density at radius 3 is 2.33 bits per heavy atom. The van der Waals surface area contributed by atoms with Gasteiger partial charge in [-0.15, -0.1) is 0 Å². The molecule has 3 rings (SSSR count). The second-order valence-corrected chi connectivity index (χ2v) is 6.82. The first kappa shape index (κ1) is 14.1. The van der Waals surface area contributed by atoms with E-state index < -0.39 is 5.41 Å². The highest BCUT2D eigenvalue weighted by atomic mass is 16.5. The molecule has 2 fully saturated rings. The van der Waals surface area contributed by atoms with Gasteiger partial charge in [0, 0.05) is 5.92 Å². The van der Waals surface area contributed by atoms with Crippen LogP contribution in [-0.2, 0) is 9.59 Å². The molecule has 112 valence electrons. The van der Waals surface area contributed by atoms with Crippen molar-refractivity contribution in [3.8, 4) is 5.75 Å². The average Bonchev–Trinajstić information content (AvgIpc) is 2.64. The Balaban J connectivity index is 2.04. The molecule has 0 aromatic heterocycles. The minimum Gasteiger partial charge on any atom is -0.497 e. The third kappa shape index (κ3) is 1.68. The van der Waals surface area contributed by atoms with Gasteiger partial charge in [-0.2, -0.15) is 0 Å². The highest BCUT2D eigenvalue weighted by Crippen LogP contribution is 2.60. The number of anilines is 1. The van der Waals surface area contributed by atoms with Gasteiger partial charge in [-0.1, -0.05) is 20.8 Å². The molecule has 1 aliphatic carbocycles. The third-order valence-electron chi connectivity index (χ3n) is 5.75. The summed E-state index contributed by atoms with van der Waals surface area (Å²) < 4.78 is 5.13. The molecule has 0 radical (unpaired) electrons. The van der Waals surface area contributed by atoms with Gasteiger partial charge in [0.25, 0.3) is 0 Å². The number of benzene rings is 1. The van der Waals surface area contributed by atoms with Gasteiger partial charge in [0.2, 0.25) is 11.8 Å². The lowest BCUT2D eigenvalue weighted by molar-refractivity contribution is -0.146. The fraction of sp³-hybridized carbons (Fsp3) is 0.529. The first-order valence-corrected chi connectivity index (χ1v) is 7.35. The summed E-state index contributed by atoms with van der Waals surface area (Å²) in [6.07, 6.45) is 1.57. The van der Waals surface area contributed by atoms with Gasteiger partial charge in [0.05, 0.1) is 18.2 Å². The molecular weight excluding hydrogens is 266 g/mol. The minimum atomic E-state index is -0.467. The molecule has 4 nitrogen and oxygen atoms in total. The molecule has 2 aliphatic rings. The van der Waals surface area contributed by atoms with E-state index >= 15 is 0 Å². The number of fused-ring (bicyclic) bond motifs is 2. The van der Waals surface area contributed by atoms with Crippen molar-refractivity contribution in [1.29, 1.82) is 0 Å². The van der Waals surface area contributed by atoms with Crippen LogP contribution in [-0.4, -0.2) is 18.9 Å². The number of rotatable bonds is 2. The van der Waals surface area contributed by atoms with E-state index in [0.29, 0.717) is 11.4 Å². The predicted molar refractivity (Wildman–Crippen MR) is 80.1 cm³/mol. The monoisotopic (exact) mass is 287 g/mol. The highest BCUT2D eigenvalue weighted by molar-refractivity contribution is 6.20. The Morgan fingerprint density at radius 2 is 1.76 bits per heavy atom. The van der Waals surface area contributed by atoms with E-state index in [1.54, 1.807) is 31.4 Å². The number of hydrogen-bond donors (Lipinski definition) is 0. The molecule has 0 spiro atoms. The lowest BCUT2D eigenvalue weighted by atomic mass is 9.62. The van der Waals surface area contributed by atoms with E-state index in [0.717, 1.165) is 12.8 Å². The summed E-state index contributed by atoms with van der Waals surface area (Å²) in [4.78, 5) is 27.1. The Kier molecular flexibility index (Phi) is 2.91. The number of imide groups is 1. The summed E-state index contributed by atoms with van der Waals surface area (Å²) in [5.74, 6) is 0.494. The van der Waals surface area contributed by atoms with Crippen molar-refractivity contribution in [1.82, 2.24) is 0 Å². The fourth-order valence-electron chi connectivity index (χ4n) is 3.79. The van der Waals surface area contributed by atoms with E-state index in [9.17, 15) is 9.59 Å². The summed E-state index contributed by atoms with van der Waals surface area (Å²) in [5, 5.41) is 0. The zero-order chi connectivity index (χ0) is 15.4. The number of amides is 2. The van der Waals surface area contributed by atoms with Crippen molar-refractivity contribution >= 4 is 17.5 Å². The number of ether oxygens (including phenoxy) is 1. The van der Waals surface area contributed by atoms with Gasteiger partial charge in [0.1, 0.15) is 5.75 Å². The van der Waals surface area contributed by atoms with Gasteiger partial charge in [-0.05, 0) is 42.5 Å². The Labute approximate surface area is 125 Å². The third-order valence-corrected chi connectivity index (χ3v) is 5.75. The van der Waals surface area contributed by atoms with Gasteiger partial charge in [-0.3, -0.25) is 9.59 Å². The molecule has 2 bridgehead atoms. The Bertz CT molecular complexity index is 605. The number of piperidine rings is 1. The van der Waals surface area contributed by atoms with E-state index in [4.69, 9.17) is 4.74 Å². The topological polar surface area (TPSA) is 46.6 Å². The molecule has 2 atom stereocenters. The zero-order valence-electron chi connectivity index (χ0n) is 13.0. The molecule has 4 heteroatoms. The summed E-state index contributed by atoms with van der Waals surface area (Å²) in [7, 11) is 1.59. The maximum atomic E-state index is 13.0. The molecule has 1 aromatic rings. The number of carbonyl (C=O) groups is 2. The van der Waals surface area contributed by atoms with E-state index in [1.165, 1.54) is 4.90 Å². The maximum Gasteiger partial charge on any atom is 0.240 e. The molecule has 0 N–H and O–H groups in total. The predicted octanol–water partition coefficient (Wildman–Crippen LogP) is 3.01. The van der Waals surface area contributed by atoms with Crippen LogP contribution < -0.4 is 9.64 Å². The first-order chi connectivity index (χ1) is 9.83. The zero-order valence-corrected chi connectivity index (χ0v) is 13.0. The van der Waals surface area contributed by atoms with Gasteiger partial charge >= 0.3 is 0 Å². The number of carbonyl (C=O) groups excluding carboxylic acids is 2. The van der Waals surface area contributed by atoms with Crippen LogP contribution >= 0.6 is 0 Å². The molecular formula is C17H21NO3. The average molecular weight is 287 g/mol. The van der Waals surface area contributed by atoms with Gasteiger partial charge < -0.3 is 4.74 Å². The van der Waals surface area contributed by atoms with Crippen molar-refractivity contribution < 1.29 is 14.3 Å². The van der Waals surface area contributed by atoms with Crippen LogP contribution in [0.4, 0.5) is 5.69 Å². The lowest BCUT2D eigenvalue weighted by Gasteiger charge is -2.47. The summed E-state index contributed by atoms with van der Waals surface area (Å²) in [6, 6.07) is 7.10. The minimum absolute atomic E-state index is 0.0647. The van der Waals surface area contributed by atoms with Crippen molar-refractivity contribution in [2.24, 2.45) is 16.7 Å². The molecule has 1 heterocycles. The smallest absolute Gasteiger partial charge is 0.240 e. The molecule has 2 unspecified atom stereocenters. The van der Waals surface area contributed by atoms with Gasteiger partial charge in [0.15, 0.2) is 0 Å². The fourth-order valence-corrected chi connectivity index (χ4v) is 3.79. The molecule has 1 saturated carbocycles. The van der Waals surface area contributed by atoms with Crippen LogP contribution in [0.2, 0.25) is 0 Å². The Morgan fingerprint density at radius 1 is 1.14 bits per heavy atom. The SMILES string of the molecule is COc1ccc(N2C(=O)C3CCC(C)(C2=O)C3(C)C)cc1. The first-order valence-electron chi connectivity index (χ1n) is 7.35. The molecule has 1 aliphatic heterocycles. The Hall–Kier alpha value is -1.84. The van der Waals surface area contributed by atoms with E-state index in [1.807, 2.05) is 20.8 Å². The molecule has 2 amide bonds. The second-order valence-electron chi connectivity index (χ2n) is 6.82. The van der Waals surface area contributed by atoms with Gasteiger partial charge in [-0.25, -0.2) is 4.90 Å². The number of hydrogen-bond acceptors (Lipinski definition) is 3. The van der Waals surface area contributed by atoms with Crippen molar-refractivity contribution in [3.63, 3.8) is 0 Å². The lowest BCUT2D eigenvalue weighted by Crippen LogP contribution is -2.59. The molecule has 1 aromatic carbocycles. The van der Waals surface area contributed by atoms with Crippen LogP contribution in [0, 0.1) is 16.7 Å². The quantitative estimate of drug-likeness (QED) is 0.786. The molecule has 1 saturated heterocycles. The normalized spacial score (nSPS) is 30.7. The van der Waals surface area contributed by atoms with E-state index in [-0.39, 0.29) is 23.1 Å². The van der Waals surface area contributed by atoms with Crippen LogP contribution in [0.5, 0.6) is 5.75 Å². The number of methoxy groups -OCH3 is 1. The van der Waals surface area contributed by atoms with Crippen molar-refractivity contribution in [2.75, 3.05) is 12.0 Å². The molecule has 21 heavy (non-hydrogen) atoms. The van der Waals surface area contributed by atoms with Crippen molar-refractivity contribution in [2.45, 2.75) is 33.6 Å². The van der Waals surface area contributed by atoms with Crippen LogP contribution in [0.1, 0.15) is 33.6 Å². The van der Waals surface area contributed by atoms with E-state index in [2.05, 4.69) is 0 Å². The largest absolute Gasteiger partial charge is 0.497 e. The standard InChI is InChI=1S/C17H21NO3/c1-16(2)13-9-10-17(16,3)15(20)18(14(13)19)11-5-7-12(21-4)8-6-11/h5-8,13H,9-10H2,1-4H3. The van der Waals surface area contributed by atoms with Crippen LogP contribution in [0.25, 0.3) is 0 Å².